The maximum absolute atomic E-state index is 12.3. The van der Waals surface area contributed by atoms with E-state index in [-0.39, 0.29) is 11.2 Å². The van der Waals surface area contributed by atoms with E-state index in [0.717, 1.165) is 16.3 Å². The summed E-state index contributed by atoms with van der Waals surface area (Å²) in [5.74, 6) is 0.627. The van der Waals surface area contributed by atoms with Crippen LogP contribution in [0.5, 0.6) is 0 Å². The van der Waals surface area contributed by atoms with Gasteiger partial charge in [-0.2, -0.15) is 0 Å². The minimum atomic E-state index is 0.0384. The van der Waals surface area contributed by atoms with Crippen molar-refractivity contribution in [2.75, 3.05) is 0 Å². The Hall–Kier alpha value is -1.48. The molecule has 0 spiro atoms. The second-order valence-corrected chi connectivity index (χ2v) is 7.70. The second kappa shape index (κ2) is 6.10. The van der Waals surface area contributed by atoms with Crippen molar-refractivity contribution in [3.8, 4) is 0 Å². The van der Waals surface area contributed by atoms with Crippen LogP contribution in [0.2, 0.25) is 0 Å². The van der Waals surface area contributed by atoms with Crippen molar-refractivity contribution in [2.45, 2.75) is 52.4 Å². The van der Waals surface area contributed by atoms with Crippen LogP contribution >= 0.6 is 11.3 Å². The van der Waals surface area contributed by atoms with E-state index in [2.05, 4.69) is 45.0 Å². The molecule has 1 aromatic heterocycles. The summed E-state index contributed by atoms with van der Waals surface area (Å²) in [6.07, 6.45) is 0.391. The molecule has 0 atom stereocenters. The number of carbonyl (C=O) groups is 1. The maximum Gasteiger partial charge on any atom is 0.169 e. The van der Waals surface area contributed by atoms with Gasteiger partial charge in [-0.1, -0.05) is 58.9 Å². The smallest absolute Gasteiger partial charge is 0.169 e. The monoisotopic (exact) mass is 301 g/mol. The number of rotatable bonds is 4. The molecule has 0 aliphatic carbocycles. The molecule has 0 saturated carbocycles. The fourth-order valence-electron chi connectivity index (χ4n) is 2.03. The highest BCUT2D eigenvalue weighted by Gasteiger charge is 2.18. The summed E-state index contributed by atoms with van der Waals surface area (Å²) in [6, 6.07) is 7.94. The lowest BCUT2D eigenvalue weighted by atomic mass is 9.93. The van der Waals surface area contributed by atoms with Gasteiger partial charge in [0.1, 0.15) is 5.01 Å². The van der Waals surface area contributed by atoms with Crippen molar-refractivity contribution in [3.63, 3.8) is 0 Å². The molecular formula is C18H23NOS. The SMILES string of the molecule is CC(C)c1ccc(C(=O)Cc2nc(C(C)(C)C)cs2)cc1. The lowest BCUT2D eigenvalue weighted by Gasteiger charge is -2.14. The quantitative estimate of drug-likeness (QED) is 0.745. The molecule has 0 aliphatic heterocycles. The van der Waals surface area contributed by atoms with E-state index in [1.807, 2.05) is 24.3 Å². The first-order valence-electron chi connectivity index (χ1n) is 7.35. The first-order valence-corrected chi connectivity index (χ1v) is 8.23. The van der Waals surface area contributed by atoms with E-state index in [4.69, 9.17) is 0 Å². The zero-order valence-electron chi connectivity index (χ0n) is 13.4. The number of hydrogen-bond donors (Lipinski definition) is 0. The Morgan fingerprint density at radius 3 is 2.29 bits per heavy atom. The van der Waals surface area contributed by atoms with E-state index < -0.39 is 0 Å². The van der Waals surface area contributed by atoms with Gasteiger partial charge in [-0.05, 0) is 11.5 Å². The van der Waals surface area contributed by atoms with Crippen LogP contribution in [0.25, 0.3) is 0 Å². The van der Waals surface area contributed by atoms with E-state index in [9.17, 15) is 4.79 Å². The van der Waals surface area contributed by atoms with Gasteiger partial charge in [-0.3, -0.25) is 4.79 Å². The number of carbonyl (C=O) groups excluding carboxylic acids is 1. The van der Waals surface area contributed by atoms with Crippen molar-refractivity contribution in [3.05, 3.63) is 51.5 Å². The molecule has 0 unspecified atom stereocenters. The highest BCUT2D eigenvalue weighted by atomic mass is 32.1. The molecular weight excluding hydrogens is 278 g/mol. The zero-order chi connectivity index (χ0) is 15.6. The van der Waals surface area contributed by atoms with Crippen molar-refractivity contribution >= 4 is 17.1 Å². The number of benzene rings is 1. The van der Waals surface area contributed by atoms with Crippen LogP contribution in [0, 0.1) is 0 Å². The predicted octanol–water partition coefficient (Wildman–Crippen LogP) is 4.99. The Bertz CT molecular complexity index is 617. The Morgan fingerprint density at radius 1 is 1.19 bits per heavy atom. The van der Waals surface area contributed by atoms with E-state index in [1.54, 1.807) is 11.3 Å². The first kappa shape index (κ1) is 15.9. The molecule has 0 amide bonds. The molecule has 0 aliphatic rings. The lowest BCUT2D eigenvalue weighted by Crippen LogP contribution is -2.12. The Balaban J connectivity index is 2.09. The number of Topliss-reactive ketones (excluding diaryl/α,β-unsaturated/α-hetero) is 1. The van der Waals surface area contributed by atoms with Crippen LogP contribution < -0.4 is 0 Å². The fraction of sp³-hybridized carbons (Fsp3) is 0.444. The maximum atomic E-state index is 12.3. The minimum Gasteiger partial charge on any atom is -0.294 e. The summed E-state index contributed by atoms with van der Waals surface area (Å²) < 4.78 is 0. The van der Waals surface area contributed by atoms with Crippen LogP contribution in [0.1, 0.15) is 67.2 Å². The highest BCUT2D eigenvalue weighted by Crippen LogP contribution is 2.24. The van der Waals surface area contributed by atoms with Crippen molar-refractivity contribution in [1.29, 1.82) is 0 Å². The first-order chi connectivity index (χ1) is 9.77. The third kappa shape index (κ3) is 4.01. The zero-order valence-corrected chi connectivity index (χ0v) is 14.3. The third-order valence-electron chi connectivity index (χ3n) is 3.53. The summed E-state index contributed by atoms with van der Waals surface area (Å²) in [5.41, 5.74) is 3.13. The summed E-state index contributed by atoms with van der Waals surface area (Å²) in [5, 5.41) is 2.96. The summed E-state index contributed by atoms with van der Waals surface area (Å²) in [4.78, 5) is 16.9. The number of nitrogens with zero attached hydrogens (tertiary/aromatic N) is 1. The van der Waals surface area contributed by atoms with Crippen LogP contribution in [0.4, 0.5) is 0 Å². The highest BCUT2D eigenvalue weighted by molar-refractivity contribution is 7.09. The molecule has 0 N–H and O–H groups in total. The minimum absolute atomic E-state index is 0.0384. The van der Waals surface area contributed by atoms with Gasteiger partial charge in [0, 0.05) is 16.4 Å². The van der Waals surface area contributed by atoms with Crippen LogP contribution in [0.15, 0.2) is 29.6 Å². The van der Waals surface area contributed by atoms with Gasteiger partial charge in [0.2, 0.25) is 0 Å². The average molecular weight is 301 g/mol. The molecule has 2 rings (SSSR count). The summed E-state index contributed by atoms with van der Waals surface area (Å²) in [6.45, 7) is 10.7. The standard InChI is InChI=1S/C18H23NOS/c1-12(2)13-6-8-14(9-7-13)15(20)10-17-19-16(11-21-17)18(3,4)5/h6-9,11-12H,10H2,1-5H3. The van der Waals surface area contributed by atoms with E-state index in [0.29, 0.717) is 12.3 Å². The molecule has 1 heterocycles. The molecule has 0 bridgehead atoms. The van der Waals surface area contributed by atoms with Crippen LogP contribution in [-0.4, -0.2) is 10.8 Å². The number of ketones is 1. The summed E-state index contributed by atoms with van der Waals surface area (Å²) >= 11 is 1.58. The van der Waals surface area contributed by atoms with Gasteiger partial charge in [-0.25, -0.2) is 4.98 Å². The number of thiazole rings is 1. The van der Waals surface area contributed by atoms with Gasteiger partial charge in [0.05, 0.1) is 12.1 Å². The topological polar surface area (TPSA) is 30.0 Å². The second-order valence-electron chi connectivity index (χ2n) is 6.75. The van der Waals surface area contributed by atoms with E-state index in [1.165, 1.54) is 5.56 Å². The Kier molecular flexibility index (Phi) is 4.62. The predicted molar refractivity (Wildman–Crippen MR) is 89.4 cm³/mol. The lowest BCUT2D eigenvalue weighted by molar-refractivity contribution is 0.0993. The average Bonchev–Trinajstić information content (AvgIpc) is 2.87. The molecule has 0 fully saturated rings. The van der Waals surface area contributed by atoms with Gasteiger partial charge >= 0.3 is 0 Å². The molecule has 2 aromatic rings. The van der Waals surface area contributed by atoms with Gasteiger partial charge in [-0.15, -0.1) is 11.3 Å². The third-order valence-corrected chi connectivity index (χ3v) is 4.38. The van der Waals surface area contributed by atoms with Crippen molar-refractivity contribution in [1.82, 2.24) is 4.98 Å². The number of hydrogen-bond acceptors (Lipinski definition) is 3. The Labute approximate surface area is 131 Å². The molecule has 2 nitrogen and oxygen atoms in total. The van der Waals surface area contributed by atoms with Gasteiger partial charge in [0.25, 0.3) is 0 Å². The molecule has 0 saturated heterocycles. The molecule has 1 aromatic carbocycles. The normalized spacial score (nSPS) is 11.9. The van der Waals surface area contributed by atoms with Gasteiger partial charge < -0.3 is 0 Å². The van der Waals surface area contributed by atoms with Crippen molar-refractivity contribution in [2.24, 2.45) is 0 Å². The molecule has 21 heavy (non-hydrogen) atoms. The van der Waals surface area contributed by atoms with E-state index >= 15 is 0 Å². The van der Waals surface area contributed by atoms with Crippen LogP contribution in [0.3, 0.4) is 0 Å². The Morgan fingerprint density at radius 2 is 1.81 bits per heavy atom. The van der Waals surface area contributed by atoms with Gasteiger partial charge in [0.15, 0.2) is 5.78 Å². The molecule has 3 heteroatoms. The number of aromatic nitrogens is 1. The molecule has 112 valence electrons. The largest absolute Gasteiger partial charge is 0.294 e. The summed E-state index contributed by atoms with van der Waals surface area (Å²) in [7, 11) is 0. The fourth-order valence-corrected chi connectivity index (χ4v) is 3.05. The molecule has 0 radical (unpaired) electrons. The van der Waals surface area contributed by atoms with Crippen molar-refractivity contribution < 1.29 is 4.79 Å². The van der Waals surface area contributed by atoms with Crippen LogP contribution in [-0.2, 0) is 11.8 Å².